The minimum absolute atomic E-state index is 0.229. The fourth-order valence-electron chi connectivity index (χ4n) is 3.57. The number of nitrogens with zero attached hydrogens (tertiary/aromatic N) is 5. The van der Waals surface area contributed by atoms with Gasteiger partial charge < -0.3 is 15.0 Å². The van der Waals surface area contributed by atoms with E-state index in [0.717, 1.165) is 52.3 Å². The Balaban J connectivity index is 1.48. The third-order valence-corrected chi connectivity index (χ3v) is 5.87. The molecule has 0 saturated heterocycles. The quantitative estimate of drug-likeness (QED) is 0.583. The number of thiazole rings is 1. The van der Waals surface area contributed by atoms with Crippen LogP contribution in [0.4, 0.5) is 10.9 Å². The van der Waals surface area contributed by atoms with Crippen LogP contribution in [0.3, 0.4) is 0 Å². The Kier molecular flexibility index (Phi) is 6.54. The predicted molar refractivity (Wildman–Crippen MR) is 120 cm³/mol. The largest absolute Gasteiger partial charge is 0.460 e. The van der Waals surface area contributed by atoms with Crippen molar-refractivity contribution in [1.29, 1.82) is 0 Å². The molecule has 0 spiro atoms. The molecule has 0 aromatic carbocycles. The molecule has 3 heterocycles. The SMILES string of the molecule is Cc1cc(-c2cnc(Nc3cccc(CN(C)C)n3)s2)nc(OC2CCCCC2)n1. The number of aryl methyl sites for hydroxylation is 1. The number of ether oxygens (including phenoxy) is 1. The van der Waals surface area contributed by atoms with Gasteiger partial charge in [-0.3, -0.25) is 0 Å². The Hall–Kier alpha value is -2.58. The lowest BCUT2D eigenvalue weighted by Crippen LogP contribution is -2.21. The molecule has 1 fully saturated rings. The maximum atomic E-state index is 6.08. The van der Waals surface area contributed by atoms with Gasteiger partial charge in [0, 0.05) is 18.4 Å². The number of rotatable bonds is 7. The van der Waals surface area contributed by atoms with Gasteiger partial charge in [0.2, 0.25) is 0 Å². The second kappa shape index (κ2) is 9.49. The van der Waals surface area contributed by atoms with E-state index in [4.69, 9.17) is 4.74 Å². The van der Waals surface area contributed by atoms with Gasteiger partial charge in [-0.05, 0) is 64.9 Å². The Bertz CT molecular complexity index is 983. The lowest BCUT2D eigenvalue weighted by Gasteiger charge is -2.21. The van der Waals surface area contributed by atoms with E-state index in [1.807, 2.05) is 51.5 Å². The normalized spacial score (nSPS) is 14.8. The molecule has 1 saturated carbocycles. The smallest absolute Gasteiger partial charge is 0.317 e. The topological polar surface area (TPSA) is 76.1 Å². The second-order valence-corrected chi connectivity index (χ2v) is 8.99. The van der Waals surface area contributed by atoms with Crippen LogP contribution < -0.4 is 10.1 Å². The molecule has 0 amide bonds. The molecule has 158 valence electrons. The zero-order chi connectivity index (χ0) is 20.9. The van der Waals surface area contributed by atoms with Crippen molar-refractivity contribution in [3.05, 3.63) is 41.9 Å². The van der Waals surface area contributed by atoms with E-state index < -0.39 is 0 Å². The van der Waals surface area contributed by atoms with Crippen molar-refractivity contribution in [3.63, 3.8) is 0 Å². The highest BCUT2D eigenvalue weighted by molar-refractivity contribution is 7.18. The van der Waals surface area contributed by atoms with Crippen LogP contribution in [0.15, 0.2) is 30.5 Å². The van der Waals surface area contributed by atoms with E-state index in [2.05, 4.69) is 30.2 Å². The summed E-state index contributed by atoms with van der Waals surface area (Å²) in [6.07, 6.45) is 7.97. The average Bonchev–Trinajstić information content (AvgIpc) is 3.17. The molecule has 0 radical (unpaired) electrons. The second-order valence-electron chi connectivity index (χ2n) is 7.96. The van der Waals surface area contributed by atoms with Crippen molar-refractivity contribution < 1.29 is 4.74 Å². The van der Waals surface area contributed by atoms with Crippen LogP contribution in [-0.2, 0) is 6.54 Å². The van der Waals surface area contributed by atoms with Crippen LogP contribution in [0.2, 0.25) is 0 Å². The molecule has 7 nitrogen and oxygen atoms in total. The summed E-state index contributed by atoms with van der Waals surface area (Å²) >= 11 is 1.55. The maximum Gasteiger partial charge on any atom is 0.317 e. The fourth-order valence-corrected chi connectivity index (χ4v) is 4.36. The first-order chi connectivity index (χ1) is 14.5. The van der Waals surface area contributed by atoms with E-state index >= 15 is 0 Å². The Morgan fingerprint density at radius 1 is 1.13 bits per heavy atom. The first kappa shape index (κ1) is 20.7. The predicted octanol–water partition coefficient (Wildman–Crippen LogP) is 4.82. The van der Waals surface area contributed by atoms with Gasteiger partial charge in [0.05, 0.1) is 16.3 Å². The average molecular weight is 425 g/mol. The summed E-state index contributed by atoms with van der Waals surface area (Å²) in [4.78, 5) is 21.4. The van der Waals surface area contributed by atoms with Crippen molar-refractivity contribution in [2.45, 2.75) is 51.7 Å². The van der Waals surface area contributed by atoms with Crippen LogP contribution in [0.1, 0.15) is 43.5 Å². The molecule has 0 aliphatic heterocycles. The number of hydrogen-bond acceptors (Lipinski definition) is 8. The monoisotopic (exact) mass is 424 g/mol. The molecule has 8 heteroatoms. The van der Waals surface area contributed by atoms with Gasteiger partial charge in [-0.1, -0.05) is 23.8 Å². The molecule has 30 heavy (non-hydrogen) atoms. The van der Waals surface area contributed by atoms with Gasteiger partial charge >= 0.3 is 6.01 Å². The molecule has 1 aliphatic carbocycles. The van der Waals surface area contributed by atoms with Crippen molar-refractivity contribution in [3.8, 4) is 16.6 Å². The summed E-state index contributed by atoms with van der Waals surface area (Å²) in [5.41, 5.74) is 2.75. The Morgan fingerprint density at radius 2 is 1.97 bits per heavy atom. The molecule has 0 bridgehead atoms. The number of anilines is 2. The lowest BCUT2D eigenvalue weighted by atomic mass is 9.98. The molecular formula is C22H28N6OS. The van der Waals surface area contributed by atoms with Gasteiger partial charge in [0.25, 0.3) is 0 Å². The standard InChI is InChI=1S/C22H28N6OS/c1-15-12-18(26-21(24-15)29-17-9-5-4-6-10-17)19-13-23-22(30-19)27-20-11-7-8-16(25-20)14-28(2)3/h7-8,11-13,17H,4-6,9-10,14H2,1-3H3,(H,23,25,27). The van der Waals surface area contributed by atoms with E-state index in [1.54, 1.807) is 11.3 Å². The maximum absolute atomic E-state index is 6.08. The van der Waals surface area contributed by atoms with Gasteiger partial charge in [-0.25, -0.2) is 15.0 Å². The zero-order valence-electron chi connectivity index (χ0n) is 17.8. The van der Waals surface area contributed by atoms with Crippen molar-refractivity contribution in [1.82, 2.24) is 24.8 Å². The minimum Gasteiger partial charge on any atom is -0.460 e. The number of nitrogens with one attached hydrogen (secondary N) is 1. The molecule has 4 rings (SSSR count). The Morgan fingerprint density at radius 3 is 2.77 bits per heavy atom. The summed E-state index contributed by atoms with van der Waals surface area (Å²) in [6.45, 7) is 2.77. The first-order valence-corrected chi connectivity index (χ1v) is 11.2. The highest BCUT2D eigenvalue weighted by atomic mass is 32.1. The summed E-state index contributed by atoms with van der Waals surface area (Å²) in [6, 6.07) is 8.42. The molecule has 1 aliphatic rings. The van der Waals surface area contributed by atoms with Crippen LogP contribution in [0.25, 0.3) is 10.6 Å². The summed E-state index contributed by atoms with van der Waals surface area (Å²) in [5.74, 6) is 0.787. The van der Waals surface area contributed by atoms with E-state index in [-0.39, 0.29) is 6.10 Å². The van der Waals surface area contributed by atoms with E-state index in [0.29, 0.717) is 6.01 Å². The van der Waals surface area contributed by atoms with Crippen LogP contribution in [0, 0.1) is 6.92 Å². The summed E-state index contributed by atoms with van der Waals surface area (Å²) < 4.78 is 6.08. The van der Waals surface area contributed by atoms with E-state index in [9.17, 15) is 0 Å². The van der Waals surface area contributed by atoms with Crippen LogP contribution in [0.5, 0.6) is 6.01 Å². The zero-order valence-corrected chi connectivity index (χ0v) is 18.6. The third-order valence-electron chi connectivity index (χ3n) is 4.94. The van der Waals surface area contributed by atoms with Crippen molar-refractivity contribution >= 4 is 22.3 Å². The summed E-state index contributed by atoms with van der Waals surface area (Å²) in [5, 5.41) is 4.09. The number of pyridine rings is 1. The minimum atomic E-state index is 0.229. The van der Waals surface area contributed by atoms with Crippen molar-refractivity contribution in [2.75, 3.05) is 19.4 Å². The van der Waals surface area contributed by atoms with E-state index in [1.165, 1.54) is 19.3 Å². The van der Waals surface area contributed by atoms with Gasteiger partial charge in [0.15, 0.2) is 5.13 Å². The molecule has 3 aromatic heterocycles. The molecule has 1 N–H and O–H groups in total. The van der Waals surface area contributed by atoms with Crippen LogP contribution >= 0.6 is 11.3 Å². The number of hydrogen-bond donors (Lipinski definition) is 1. The van der Waals surface area contributed by atoms with Gasteiger partial charge in [-0.2, -0.15) is 4.98 Å². The van der Waals surface area contributed by atoms with Crippen LogP contribution in [-0.4, -0.2) is 45.0 Å². The fraction of sp³-hybridized carbons (Fsp3) is 0.455. The Labute approximate surface area is 181 Å². The van der Waals surface area contributed by atoms with Gasteiger partial charge in [0.1, 0.15) is 11.9 Å². The molecular weight excluding hydrogens is 396 g/mol. The van der Waals surface area contributed by atoms with Crippen molar-refractivity contribution in [2.24, 2.45) is 0 Å². The third kappa shape index (κ3) is 5.52. The van der Waals surface area contributed by atoms with Gasteiger partial charge in [-0.15, -0.1) is 0 Å². The number of aromatic nitrogens is 4. The molecule has 0 unspecified atom stereocenters. The summed E-state index contributed by atoms with van der Waals surface area (Å²) in [7, 11) is 4.07. The molecule has 3 aromatic rings. The molecule has 0 atom stereocenters. The highest BCUT2D eigenvalue weighted by Crippen LogP contribution is 2.31. The lowest BCUT2D eigenvalue weighted by molar-refractivity contribution is 0.142. The first-order valence-electron chi connectivity index (χ1n) is 10.4. The highest BCUT2D eigenvalue weighted by Gasteiger charge is 2.17.